The van der Waals surface area contributed by atoms with E-state index < -0.39 is 0 Å². The molecule has 0 spiro atoms. The summed E-state index contributed by atoms with van der Waals surface area (Å²) < 4.78 is 0. The maximum absolute atomic E-state index is 11.8. The monoisotopic (exact) mass is 180 g/mol. The molecule has 0 amide bonds. The molecular weight excluding hydrogens is 160 g/mol. The number of rotatable bonds is 3. The van der Waals surface area contributed by atoms with E-state index in [1.54, 1.807) is 0 Å². The van der Waals surface area contributed by atoms with E-state index in [2.05, 4.69) is 20.4 Å². The van der Waals surface area contributed by atoms with Crippen molar-refractivity contribution in [3.8, 4) is 0 Å². The van der Waals surface area contributed by atoms with Crippen molar-refractivity contribution in [1.82, 2.24) is 0 Å². The molecule has 0 aliphatic heterocycles. The van der Waals surface area contributed by atoms with Gasteiger partial charge in [0.1, 0.15) is 5.78 Å². The van der Waals surface area contributed by atoms with Gasteiger partial charge in [-0.25, -0.2) is 0 Å². The van der Waals surface area contributed by atoms with Crippen LogP contribution in [0.5, 0.6) is 0 Å². The second-order valence-corrected chi connectivity index (χ2v) is 4.30. The van der Waals surface area contributed by atoms with Gasteiger partial charge in [-0.15, -0.1) is 6.58 Å². The summed E-state index contributed by atoms with van der Waals surface area (Å²) in [5.41, 5.74) is -0.102. The Bertz CT molecular complexity index is 207. The zero-order valence-electron chi connectivity index (χ0n) is 8.81. The van der Waals surface area contributed by atoms with Crippen LogP contribution in [-0.4, -0.2) is 5.78 Å². The summed E-state index contributed by atoms with van der Waals surface area (Å²) in [7, 11) is 0. The van der Waals surface area contributed by atoms with Gasteiger partial charge >= 0.3 is 0 Å². The number of Topliss-reactive ketones (excluding diaryl/α,β-unsaturated/α-hetero) is 1. The Morgan fingerprint density at radius 3 is 2.77 bits per heavy atom. The Balaban J connectivity index is 2.81. The maximum Gasteiger partial charge on any atom is 0.139 e. The first-order valence-corrected chi connectivity index (χ1v) is 5.31. The van der Waals surface area contributed by atoms with E-state index in [-0.39, 0.29) is 5.41 Å². The fraction of sp³-hybridized carbons (Fsp3) is 0.750. The first-order chi connectivity index (χ1) is 6.15. The summed E-state index contributed by atoms with van der Waals surface area (Å²) in [6.45, 7) is 8.09. The zero-order valence-corrected chi connectivity index (χ0v) is 8.81. The van der Waals surface area contributed by atoms with Crippen LogP contribution < -0.4 is 0 Å². The van der Waals surface area contributed by atoms with E-state index in [9.17, 15) is 4.79 Å². The molecule has 0 heterocycles. The Labute approximate surface area is 81.2 Å². The van der Waals surface area contributed by atoms with Gasteiger partial charge in [0.05, 0.1) is 0 Å². The molecule has 13 heavy (non-hydrogen) atoms. The highest BCUT2D eigenvalue weighted by Crippen LogP contribution is 2.41. The molecule has 0 aromatic heterocycles. The molecule has 2 unspecified atom stereocenters. The van der Waals surface area contributed by atoms with Crippen LogP contribution in [0.4, 0.5) is 0 Å². The molecule has 1 saturated carbocycles. The average molecular weight is 180 g/mol. The number of carbonyl (C=O) groups is 1. The molecule has 1 fully saturated rings. The summed E-state index contributed by atoms with van der Waals surface area (Å²) in [4.78, 5) is 11.8. The van der Waals surface area contributed by atoms with Crippen LogP contribution in [0.25, 0.3) is 0 Å². The van der Waals surface area contributed by atoms with Crippen molar-refractivity contribution in [1.29, 1.82) is 0 Å². The Kier molecular flexibility index (Phi) is 3.29. The molecule has 0 aromatic carbocycles. The van der Waals surface area contributed by atoms with Crippen molar-refractivity contribution in [3.05, 3.63) is 12.7 Å². The van der Waals surface area contributed by atoms with Crippen LogP contribution in [0, 0.1) is 11.3 Å². The topological polar surface area (TPSA) is 17.1 Å². The van der Waals surface area contributed by atoms with E-state index in [0.29, 0.717) is 11.7 Å². The molecule has 1 aliphatic carbocycles. The molecule has 1 nitrogen and oxygen atoms in total. The number of hydrogen-bond acceptors (Lipinski definition) is 1. The van der Waals surface area contributed by atoms with E-state index in [4.69, 9.17) is 0 Å². The lowest BCUT2D eigenvalue weighted by Crippen LogP contribution is -2.37. The Morgan fingerprint density at radius 2 is 2.31 bits per heavy atom. The Morgan fingerprint density at radius 1 is 1.62 bits per heavy atom. The van der Waals surface area contributed by atoms with Crippen molar-refractivity contribution in [2.45, 2.75) is 46.0 Å². The SMILES string of the molecule is C=CC(CC)C1(C)CCCCC1=O. The van der Waals surface area contributed by atoms with Crippen molar-refractivity contribution in [2.75, 3.05) is 0 Å². The van der Waals surface area contributed by atoms with Crippen LogP contribution in [0.15, 0.2) is 12.7 Å². The summed E-state index contributed by atoms with van der Waals surface area (Å²) in [5, 5.41) is 0. The van der Waals surface area contributed by atoms with Gasteiger partial charge in [-0.3, -0.25) is 4.79 Å². The van der Waals surface area contributed by atoms with Crippen molar-refractivity contribution < 1.29 is 4.79 Å². The smallest absolute Gasteiger partial charge is 0.139 e. The maximum atomic E-state index is 11.8. The van der Waals surface area contributed by atoms with Gasteiger partial charge in [-0.2, -0.15) is 0 Å². The highest BCUT2D eigenvalue weighted by atomic mass is 16.1. The largest absolute Gasteiger partial charge is 0.299 e. The van der Waals surface area contributed by atoms with Gasteiger partial charge in [0.2, 0.25) is 0 Å². The normalized spacial score (nSPS) is 31.4. The molecule has 0 bridgehead atoms. The van der Waals surface area contributed by atoms with Crippen LogP contribution in [0.1, 0.15) is 46.0 Å². The van der Waals surface area contributed by atoms with Crippen LogP contribution >= 0.6 is 0 Å². The molecular formula is C12H20O. The summed E-state index contributed by atoms with van der Waals surface area (Å²) >= 11 is 0. The number of carbonyl (C=O) groups excluding carboxylic acids is 1. The lowest BCUT2D eigenvalue weighted by Gasteiger charge is -2.37. The fourth-order valence-electron chi connectivity index (χ4n) is 2.47. The van der Waals surface area contributed by atoms with Crippen molar-refractivity contribution >= 4 is 5.78 Å². The average Bonchev–Trinajstić information content (AvgIpc) is 2.12. The molecule has 2 atom stereocenters. The number of hydrogen-bond donors (Lipinski definition) is 0. The predicted molar refractivity (Wildman–Crippen MR) is 55.6 cm³/mol. The molecule has 74 valence electrons. The minimum atomic E-state index is -0.102. The van der Waals surface area contributed by atoms with E-state index in [0.717, 1.165) is 25.7 Å². The second-order valence-electron chi connectivity index (χ2n) is 4.30. The first-order valence-electron chi connectivity index (χ1n) is 5.31. The quantitative estimate of drug-likeness (QED) is 0.609. The molecule has 1 heteroatoms. The minimum Gasteiger partial charge on any atom is -0.299 e. The van der Waals surface area contributed by atoms with Gasteiger partial charge in [-0.1, -0.05) is 26.3 Å². The molecule has 1 rings (SSSR count). The van der Waals surface area contributed by atoms with Gasteiger partial charge in [0, 0.05) is 11.8 Å². The minimum absolute atomic E-state index is 0.102. The van der Waals surface area contributed by atoms with Crippen LogP contribution in [-0.2, 0) is 4.79 Å². The second kappa shape index (κ2) is 4.08. The fourth-order valence-corrected chi connectivity index (χ4v) is 2.47. The third kappa shape index (κ3) is 1.84. The predicted octanol–water partition coefficient (Wildman–Crippen LogP) is 3.35. The zero-order chi connectivity index (χ0) is 9.90. The van der Waals surface area contributed by atoms with Crippen LogP contribution in [0.3, 0.4) is 0 Å². The highest BCUT2D eigenvalue weighted by Gasteiger charge is 2.39. The lowest BCUT2D eigenvalue weighted by atomic mass is 9.65. The third-order valence-corrected chi connectivity index (χ3v) is 3.53. The lowest BCUT2D eigenvalue weighted by molar-refractivity contribution is -0.132. The summed E-state index contributed by atoms with van der Waals surface area (Å²) in [5.74, 6) is 0.825. The van der Waals surface area contributed by atoms with Gasteiger partial charge in [-0.05, 0) is 25.2 Å². The van der Waals surface area contributed by atoms with E-state index in [1.807, 2.05) is 6.08 Å². The molecule has 0 saturated heterocycles. The molecule has 0 N–H and O–H groups in total. The van der Waals surface area contributed by atoms with E-state index in [1.165, 1.54) is 6.42 Å². The van der Waals surface area contributed by atoms with Gasteiger partial charge < -0.3 is 0 Å². The third-order valence-electron chi connectivity index (χ3n) is 3.53. The first kappa shape index (κ1) is 10.5. The highest BCUT2D eigenvalue weighted by molar-refractivity contribution is 5.85. The molecule has 1 aliphatic rings. The standard InChI is InChI=1S/C12H20O/c1-4-10(5-2)12(3)9-7-6-8-11(12)13/h4,10H,1,5-9H2,2-3H3. The molecule has 0 radical (unpaired) electrons. The number of ketones is 1. The molecule has 0 aromatic rings. The van der Waals surface area contributed by atoms with Crippen molar-refractivity contribution in [3.63, 3.8) is 0 Å². The Hall–Kier alpha value is -0.590. The van der Waals surface area contributed by atoms with Crippen LogP contribution in [0.2, 0.25) is 0 Å². The van der Waals surface area contributed by atoms with Crippen molar-refractivity contribution in [2.24, 2.45) is 11.3 Å². The number of allylic oxidation sites excluding steroid dienone is 1. The summed E-state index contributed by atoms with van der Waals surface area (Å²) in [6, 6.07) is 0. The van der Waals surface area contributed by atoms with Gasteiger partial charge in [0.25, 0.3) is 0 Å². The van der Waals surface area contributed by atoms with E-state index >= 15 is 0 Å². The van der Waals surface area contributed by atoms with Gasteiger partial charge in [0.15, 0.2) is 0 Å². The summed E-state index contributed by atoms with van der Waals surface area (Å²) in [6.07, 6.45) is 7.11.